The van der Waals surface area contributed by atoms with E-state index in [0.29, 0.717) is 12.1 Å². The number of amides is 1. The van der Waals surface area contributed by atoms with Gasteiger partial charge in [-0.1, -0.05) is 0 Å². The first-order valence-corrected chi connectivity index (χ1v) is 5.32. The van der Waals surface area contributed by atoms with Crippen LogP contribution >= 0.6 is 0 Å². The molecule has 1 fully saturated rings. The fourth-order valence-corrected chi connectivity index (χ4v) is 1.87. The van der Waals surface area contributed by atoms with Gasteiger partial charge in [-0.15, -0.1) is 0 Å². The lowest BCUT2D eigenvalue weighted by Gasteiger charge is -2.29. The van der Waals surface area contributed by atoms with Gasteiger partial charge in [0.15, 0.2) is 0 Å². The number of likely N-dealkylation sites (tertiary alicyclic amines) is 1. The fraction of sp³-hybridized carbons (Fsp3) is 0.909. The Morgan fingerprint density at radius 3 is 2.00 bits per heavy atom. The van der Waals surface area contributed by atoms with Crippen molar-refractivity contribution >= 4 is 6.09 Å². The maximum atomic E-state index is 11.8. The summed E-state index contributed by atoms with van der Waals surface area (Å²) in [6.45, 7) is 9.85. The Balaban J connectivity index is 2.60. The zero-order valence-electron chi connectivity index (χ0n) is 9.83. The molecule has 1 amide bonds. The molecule has 1 saturated heterocycles. The number of hydrogen-bond acceptors (Lipinski definition) is 2. The lowest BCUT2D eigenvalue weighted by atomic mass is 10.2. The molecule has 1 aliphatic heterocycles. The van der Waals surface area contributed by atoms with Crippen LogP contribution in [0, 0.1) is 0 Å². The predicted octanol–water partition coefficient (Wildman–Crippen LogP) is 2.79. The van der Waals surface area contributed by atoms with E-state index in [4.69, 9.17) is 4.74 Å². The van der Waals surface area contributed by atoms with Gasteiger partial charge >= 0.3 is 6.09 Å². The van der Waals surface area contributed by atoms with Crippen LogP contribution in [0.4, 0.5) is 4.79 Å². The smallest absolute Gasteiger partial charge is 0.410 e. The molecule has 0 aliphatic carbocycles. The molecule has 0 aromatic carbocycles. The molecular formula is C11H21NO2. The van der Waals surface area contributed by atoms with Crippen LogP contribution in [-0.2, 0) is 4.74 Å². The molecule has 1 heterocycles. The minimum Gasteiger partial charge on any atom is -0.444 e. The third kappa shape index (κ3) is 2.63. The van der Waals surface area contributed by atoms with Crippen LogP contribution in [0.2, 0.25) is 0 Å². The van der Waals surface area contributed by atoms with Gasteiger partial charge in [-0.3, -0.25) is 0 Å². The summed E-state index contributed by atoms with van der Waals surface area (Å²) in [5.74, 6) is 0. The predicted molar refractivity (Wildman–Crippen MR) is 56.2 cm³/mol. The molecule has 3 nitrogen and oxygen atoms in total. The van der Waals surface area contributed by atoms with E-state index in [0.717, 1.165) is 12.8 Å². The number of nitrogens with zero attached hydrogens (tertiary/aromatic N) is 1. The Morgan fingerprint density at radius 2 is 1.64 bits per heavy atom. The number of carbonyl (C=O) groups is 1. The summed E-state index contributed by atoms with van der Waals surface area (Å²) in [4.78, 5) is 13.6. The largest absolute Gasteiger partial charge is 0.444 e. The molecule has 0 saturated carbocycles. The second-order valence-electron chi connectivity index (χ2n) is 5.16. The highest BCUT2D eigenvalue weighted by Gasteiger charge is 2.34. The van der Waals surface area contributed by atoms with Crippen molar-refractivity contribution in [1.29, 1.82) is 0 Å². The number of hydrogen-bond donors (Lipinski definition) is 0. The summed E-state index contributed by atoms with van der Waals surface area (Å²) >= 11 is 0. The monoisotopic (exact) mass is 199 g/mol. The van der Waals surface area contributed by atoms with Gasteiger partial charge in [-0.25, -0.2) is 4.79 Å². The minimum absolute atomic E-state index is 0.171. The molecule has 0 bridgehead atoms. The summed E-state index contributed by atoms with van der Waals surface area (Å²) in [5, 5.41) is 0. The molecule has 3 heteroatoms. The van der Waals surface area contributed by atoms with Crippen molar-refractivity contribution in [3.05, 3.63) is 0 Å². The SMILES string of the molecule is CC1CCC(C)N1C(=O)OC(C)(C)C. The van der Waals surface area contributed by atoms with Crippen molar-refractivity contribution in [3.8, 4) is 0 Å². The molecule has 0 N–H and O–H groups in total. The quantitative estimate of drug-likeness (QED) is 0.600. The molecule has 2 unspecified atom stereocenters. The standard InChI is InChI=1S/C11H21NO2/c1-8-6-7-9(2)12(8)10(13)14-11(3,4)5/h8-9H,6-7H2,1-5H3. The molecule has 82 valence electrons. The Hall–Kier alpha value is -0.730. The van der Waals surface area contributed by atoms with Crippen molar-refractivity contribution in [2.24, 2.45) is 0 Å². The van der Waals surface area contributed by atoms with E-state index < -0.39 is 0 Å². The zero-order valence-corrected chi connectivity index (χ0v) is 9.83. The normalized spacial score (nSPS) is 27.9. The molecular weight excluding hydrogens is 178 g/mol. The first-order chi connectivity index (χ1) is 6.31. The van der Waals surface area contributed by atoms with Crippen molar-refractivity contribution in [2.75, 3.05) is 0 Å². The topological polar surface area (TPSA) is 29.5 Å². The third-order valence-electron chi connectivity index (χ3n) is 2.56. The van der Waals surface area contributed by atoms with Crippen molar-refractivity contribution in [3.63, 3.8) is 0 Å². The summed E-state index contributed by atoms with van der Waals surface area (Å²) in [7, 11) is 0. The Kier molecular flexibility index (Phi) is 3.07. The summed E-state index contributed by atoms with van der Waals surface area (Å²) < 4.78 is 5.35. The maximum Gasteiger partial charge on any atom is 0.410 e. The molecule has 2 atom stereocenters. The highest BCUT2D eigenvalue weighted by molar-refractivity contribution is 5.69. The summed E-state index contributed by atoms with van der Waals surface area (Å²) in [6, 6.07) is 0.639. The minimum atomic E-state index is -0.390. The lowest BCUT2D eigenvalue weighted by Crippen LogP contribution is -2.42. The van der Waals surface area contributed by atoms with Crippen LogP contribution in [0.1, 0.15) is 47.5 Å². The highest BCUT2D eigenvalue weighted by Crippen LogP contribution is 2.25. The summed E-state index contributed by atoms with van der Waals surface area (Å²) in [6.07, 6.45) is 2.00. The van der Waals surface area contributed by atoms with Gasteiger partial charge in [-0.2, -0.15) is 0 Å². The average Bonchev–Trinajstić information content (AvgIpc) is 2.27. The van der Waals surface area contributed by atoms with Gasteiger partial charge in [0.05, 0.1) is 0 Å². The van der Waals surface area contributed by atoms with Gasteiger partial charge in [0.1, 0.15) is 5.60 Å². The number of ether oxygens (including phenoxy) is 1. The Morgan fingerprint density at radius 1 is 1.21 bits per heavy atom. The molecule has 0 spiro atoms. The van der Waals surface area contributed by atoms with Crippen LogP contribution < -0.4 is 0 Å². The molecule has 0 aromatic heterocycles. The van der Waals surface area contributed by atoms with E-state index in [1.165, 1.54) is 0 Å². The average molecular weight is 199 g/mol. The molecule has 0 radical (unpaired) electrons. The van der Waals surface area contributed by atoms with Gasteiger partial charge in [0.2, 0.25) is 0 Å². The third-order valence-corrected chi connectivity index (χ3v) is 2.56. The molecule has 1 rings (SSSR count). The number of rotatable bonds is 0. The van der Waals surface area contributed by atoms with E-state index in [1.54, 1.807) is 0 Å². The van der Waals surface area contributed by atoms with E-state index >= 15 is 0 Å². The van der Waals surface area contributed by atoms with Crippen LogP contribution in [0.5, 0.6) is 0 Å². The van der Waals surface area contributed by atoms with E-state index in [-0.39, 0.29) is 11.7 Å². The summed E-state index contributed by atoms with van der Waals surface area (Å²) in [5.41, 5.74) is -0.390. The van der Waals surface area contributed by atoms with E-state index in [2.05, 4.69) is 13.8 Å². The van der Waals surface area contributed by atoms with Crippen LogP contribution in [0.3, 0.4) is 0 Å². The first kappa shape index (κ1) is 11.3. The fourth-order valence-electron chi connectivity index (χ4n) is 1.87. The van der Waals surface area contributed by atoms with Gasteiger partial charge in [0, 0.05) is 12.1 Å². The molecule has 14 heavy (non-hydrogen) atoms. The van der Waals surface area contributed by atoms with E-state index in [1.807, 2.05) is 25.7 Å². The van der Waals surface area contributed by atoms with Crippen molar-refractivity contribution < 1.29 is 9.53 Å². The van der Waals surface area contributed by atoms with E-state index in [9.17, 15) is 4.79 Å². The molecule has 0 aromatic rings. The highest BCUT2D eigenvalue weighted by atomic mass is 16.6. The van der Waals surface area contributed by atoms with Crippen molar-refractivity contribution in [1.82, 2.24) is 4.90 Å². The number of carbonyl (C=O) groups excluding carboxylic acids is 1. The van der Waals surface area contributed by atoms with Crippen molar-refractivity contribution in [2.45, 2.75) is 65.1 Å². The lowest BCUT2D eigenvalue weighted by molar-refractivity contribution is 0.0175. The first-order valence-electron chi connectivity index (χ1n) is 5.32. The second-order valence-corrected chi connectivity index (χ2v) is 5.16. The second kappa shape index (κ2) is 3.79. The van der Waals surface area contributed by atoms with Crippen LogP contribution in [-0.4, -0.2) is 28.7 Å². The van der Waals surface area contributed by atoms with Gasteiger partial charge in [-0.05, 0) is 47.5 Å². The molecule has 1 aliphatic rings. The van der Waals surface area contributed by atoms with Gasteiger partial charge in [0.25, 0.3) is 0 Å². The Bertz CT molecular complexity index is 210. The van der Waals surface area contributed by atoms with Gasteiger partial charge < -0.3 is 9.64 Å². The maximum absolute atomic E-state index is 11.8. The Labute approximate surface area is 86.4 Å². The van der Waals surface area contributed by atoms with Crippen LogP contribution in [0.25, 0.3) is 0 Å². The zero-order chi connectivity index (χ0) is 10.9. The van der Waals surface area contributed by atoms with Crippen LogP contribution in [0.15, 0.2) is 0 Å².